The minimum atomic E-state index is -4.55. The van der Waals surface area contributed by atoms with Gasteiger partial charge in [-0.1, -0.05) is 13.0 Å². The molecule has 30 heavy (non-hydrogen) atoms. The quantitative estimate of drug-likeness (QED) is 0.376. The van der Waals surface area contributed by atoms with Crippen molar-refractivity contribution in [1.29, 1.82) is 0 Å². The maximum absolute atomic E-state index is 12.3. The molecule has 0 aliphatic heterocycles. The first-order chi connectivity index (χ1) is 14.2. The second-order valence-electron chi connectivity index (χ2n) is 6.40. The molecule has 10 heteroatoms. The standard InChI is InChI=1S/C20H25F3N6O/c1-3-13-5-6-14(28-18(13)25-4-2)9-10-26-19(30)29-15-7-8-16(24)17(11-15)27-12-20(21,22)23/h5-8,11-12H,3-4,9-10,24H2,1-2H3,(H,25,28)(H2,26,29,30). The number of nitrogens with two attached hydrogens (primary N) is 1. The van der Waals surface area contributed by atoms with E-state index in [0.717, 1.165) is 30.0 Å². The zero-order chi connectivity index (χ0) is 22.1. The number of alkyl halides is 3. The van der Waals surface area contributed by atoms with Crippen molar-refractivity contribution in [3.8, 4) is 0 Å². The molecule has 162 valence electrons. The van der Waals surface area contributed by atoms with Gasteiger partial charge < -0.3 is 21.7 Å². The van der Waals surface area contributed by atoms with Crippen LogP contribution in [0.2, 0.25) is 0 Å². The number of nitrogens with zero attached hydrogens (tertiary/aromatic N) is 2. The fourth-order valence-electron chi connectivity index (χ4n) is 2.63. The predicted molar refractivity (Wildman–Crippen MR) is 114 cm³/mol. The Balaban J connectivity index is 1.92. The van der Waals surface area contributed by atoms with Gasteiger partial charge in [-0.15, -0.1) is 0 Å². The summed E-state index contributed by atoms with van der Waals surface area (Å²) in [7, 11) is 0. The summed E-state index contributed by atoms with van der Waals surface area (Å²) < 4.78 is 36.9. The van der Waals surface area contributed by atoms with Gasteiger partial charge in [0.25, 0.3) is 0 Å². The van der Waals surface area contributed by atoms with Crippen molar-refractivity contribution in [2.75, 3.05) is 29.5 Å². The zero-order valence-electron chi connectivity index (χ0n) is 16.8. The summed E-state index contributed by atoms with van der Waals surface area (Å²) in [6.45, 7) is 5.15. The Morgan fingerprint density at radius 1 is 1.23 bits per heavy atom. The number of nitrogen functional groups attached to an aromatic ring is 1. The number of halogens is 3. The van der Waals surface area contributed by atoms with Crippen molar-refractivity contribution in [2.45, 2.75) is 32.9 Å². The van der Waals surface area contributed by atoms with Gasteiger partial charge in [0.15, 0.2) is 0 Å². The van der Waals surface area contributed by atoms with Crippen LogP contribution in [0.1, 0.15) is 25.1 Å². The molecule has 5 N–H and O–H groups in total. The highest BCUT2D eigenvalue weighted by Crippen LogP contribution is 2.27. The number of anilines is 3. The summed E-state index contributed by atoms with van der Waals surface area (Å²) in [6.07, 6.45) is -3.31. The average Bonchev–Trinajstić information content (AvgIpc) is 2.68. The molecule has 0 fully saturated rings. The normalized spacial score (nSPS) is 11.5. The van der Waals surface area contributed by atoms with Crippen LogP contribution in [0.3, 0.4) is 0 Å². The lowest BCUT2D eigenvalue weighted by Crippen LogP contribution is -2.30. The summed E-state index contributed by atoms with van der Waals surface area (Å²) in [5.41, 5.74) is 7.84. The smallest absolute Gasteiger partial charge is 0.397 e. The maximum Gasteiger partial charge on any atom is 0.426 e. The third kappa shape index (κ3) is 7.26. The fraction of sp³-hybridized carbons (Fsp3) is 0.350. The van der Waals surface area contributed by atoms with E-state index in [-0.39, 0.29) is 23.3 Å². The van der Waals surface area contributed by atoms with E-state index >= 15 is 0 Å². The van der Waals surface area contributed by atoms with Crippen LogP contribution in [0, 0.1) is 0 Å². The van der Waals surface area contributed by atoms with E-state index < -0.39 is 12.2 Å². The minimum absolute atomic E-state index is 0.0690. The average molecular weight is 422 g/mol. The largest absolute Gasteiger partial charge is 0.426 e. The number of aliphatic imine (C=N–C) groups is 1. The van der Waals surface area contributed by atoms with Gasteiger partial charge in [-0.3, -0.25) is 0 Å². The topological polar surface area (TPSA) is 104 Å². The monoisotopic (exact) mass is 422 g/mol. The van der Waals surface area contributed by atoms with Crippen LogP contribution in [0.15, 0.2) is 35.3 Å². The molecule has 0 saturated carbocycles. The molecule has 1 aromatic carbocycles. The lowest BCUT2D eigenvalue weighted by molar-refractivity contribution is -0.0535. The maximum atomic E-state index is 12.3. The van der Waals surface area contributed by atoms with Crippen molar-refractivity contribution >= 4 is 35.1 Å². The predicted octanol–water partition coefficient (Wildman–Crippen LogP) is 4.29. The van der Waals surface area contributed by atoms with Gasteiger partial charge in [-0.25, -0.2) is 14.8 Å². The number of benzene rings is 1. The summed E-state index contributed by atoms with van der Waals surface area (Å²) in [5.74, 6) is 0.843. The summed E-state index contributed by atoms with van der Waals surface area (Å²) in [4.78, 5) is 20.0. The van der Waals surface area contributed by atoms with E-state index in [1.54, 1.807) is 0 Å². The Bertz CT molecular complexity index is 899. The molecular formula is C20H25F3N6O. The number of hydrogen-bond acceptors (Lipinski definition) is 5. The van der Waals surface area contributed by atoms with Crippen LogP contribution in [0.25, 0.3) is 0 Å². The highest BCUT2D eigenvalue weighted by Gasteiger charge is 2.23. The summed E-state index contributed by atoms with van der Waals surface area (Å²) in [5, 5.41) is 8.47. The molecule has 0 bridgehead atoms. The fourth-order valence-corrected chi connectivity index (χ4v) is 2.63. The number of nitrogens with one attached hydrogen (secondary N) is 3. The first-order valence-electron chi connectivity index (χ1n) is 9.50. The Labute approximate surface area is 173 Å². The molecule has 0 atom stereocenters. The van der Waals surface area contributed by atoms with Crippen molar-refractivity contribution < 1.29 is 18.0 Å². The Kier molecular flexibility index (Phi) is 8.02. The van der Waals surface area contributed by atoms with Crippen molar-refractivity contribution in [3.63, 3.8) is 0 Å². The SMILES string of the molecule is CCNc1nc(CCNC(=O)Nc2ccc(N)c(N=CC(F)(F)F)c2)ccc1CC. The number of amides is 2. The molecule has 1 heterocycles. The van der Waals surface area contributed by atoms with Crippen LogP contribution in [0.4, 0.5) is 40.8 Å². The van der Waals surface area contributed by atoms with Crippen LogP contribution in [0.5, 0.6) is 0 Å². The molecule has 0 unspecified atom stereocenters. The molecule has 7 nitrogen and oxygen atoms in total. The molecule has 0 aliphatic carbocycles. The number of aryl methyl sites for hydroxylation is 1. The first kappa shape index (κ1) is 23.0. The number of aromatic nitrogens is 1. The number of carbonyl (C=O) groups is 1. The van der Waals surface area contributed by atoms with E-state index in [1.807, 2.05) is 19.1 Å². The Morgan fingerprint density at radius 2 is 2.00 bits per heavy atom. The molecule has 0 saturated heterocycles. The van der Waals surface area contributed by atoms with E-state index in [9.17, 15) is 18.0 Å². The minimum Gasteiger partial charge on any atom is -0.397 e. The molecular weight excluding hydrogens is 397 g/mol. The second-order valence-corrected chi connectivity index (χ2v) is 6.40. The van der Waals surface area contributed by atoms with Gasteiger partial charge in [0.2, 0.25) is 0 Å². The third-order valence-electron chi connectivity index (χ3n) is 4.07. The number of urea groups is 1. The molecule has 0 radical (unpaired) electrons. The van der Waals surface area contributed by atoms with E-state index in [4.69, 9.17) is 5.73 Å². The molecule has 2 aromatic rings. The van der Waals surface area contributed by atoms with Gasteiger partial charge in [0.05, 0.1) is 11.4 Å². The van der Waals surface area contributed by atoms with E-state index in [1.165, 1.54) is 18.2 Å². The van der Waals surface area contributed by atoms with Crippen molar-refractivity contribution in [3.05, 3.63) is 41.6 Å². The Hall–Kier alpha value is -3.30. The number of hydrogen-bond donors (Lipinski definition) is 4. The molecule has 0 spiro atoms. The zero-order valence-corrected chi connectivity index (χ0v) is 16.8. The lowest BCUT2D eigenvalue weighted by atomic mass is 10.1. The summed E-state index contributed by atoms with van der Waals surface area (Å²) >= 11 is 0. The van der Waals surface area contributed by atoms with Crippen molar-refractivity contribution in [1.82, 2.24) is 10.3 Å². The Morgan fingerprint density at radius 3 is 2.67 bits per heavy atom. The van der Waals surface area contributed by atoms with Gasteiger partial charge in [-0.05, 0) is 43.2 Å². The van der Waals surface area contributed by atoms with Crippen LogP contribution in [-0.4, -0.2) is 36.5 Å². The van der Waals surface area contributed by atoms with Crippen LogP contribution >= 0.6 is 0 Å². The third-order valence-corrected chi connectivity index (χ3v) is 4.07. The van der Waals surface area contributed by atoms with Crippen LogP contribution < -0.4 is 21.7 Å². The second kappa shape index (κ2) is 10.5. The highest BCUT2D eigenvalue weighted by atomic mass is 19.4. The van der Waals surface area contributed by atoms with Crippen LogP contribution in [-0.2, 0) is 12.8 Å². The summed E-state index contributed by atoms with van der Waals surface area (Å²) in [6, 6.07) is 7.56. The number of rotatable bonds is 8. The van der Waals surface area contributed by atoms with E-state index in [0.29, 0.717) is 13.0 Å². The number of pyridine rings is 1. The molecule has 2 amide bonds. The van der Waals surface area contributed by atoms with E-state index in [2.05, 4.69) is 32.9 Å². The van der Waals surface area contributed by atoms with Gasteiger partial charge in [0, 0.05) is 30.9 Å². The van der Waals surface area contributed by atoms with Gasteiger partial charge in [-0.2, -0.15) is 13.2 Å². The van der Waals surface area contributed by atoms with Gasteiger partial charge >= 0.3 is 12.2 Å². The lowest BCUT2D eigenvalue weighted by Gasteiger charge is -2.11. The molecule has 1 aromatic heterocycles. The highest BCUT2D eigenvalue weighted by molar-refractivity contribution is 5.90. The first-order valence-corrected chi connectivity index (χ1v) is 9.50. The van der Waals surface area contributed by atoms with Crippen molar-refractivity contribution in [2.24, 2.45) is 4.99 Å². The number of carbonyl (C=O) groups excluding carboxylic acids is 1. The van der Waals surface area contributed by atoms with Gasteiger partial charge in [0.1, 0.15) is 12.0 Å². The molecule has 2 rings (SSSR count). The molecule has 0 aliphatic rings.